The Bertz CT molecular complexity index is 667. The SMILES string of the molecule is O=C(Cc1coc(-c2cccs2)n1)N[C@@H]1CCN2CCC[C@H]2C1. The minimum atomic E-state index is 0.0486. The van der Waals surface area contributed by atoms with Gasteiger partial charge >= 0.3 is 0 Å². The Hall–Kier alpha value is -1.66. The Balaban J connectivity index is 1.32. The predicted molar refractivity (Wildman–Crippen MR) is 89.3 cm³/mol. The molecule has 0 spiro atoms. The molecule has 2 fully saturated rings. The van der Waals surface area contributed by atoms with Crippen molar-refractivity contribution in [3.05, 3.63) is 29.5 Å². The van der Waals surface area contributed by atoms with Gasteiger partial charge in [0, 0.05) is 18.6 Å². The average Bonchev–Trinajstić information content (AvgIpc) is 3.27. The Morgan fingerprint density at radius 3 is 3.26 bits per heavy atom. The third kappa shape index (κ3) is 3.33. The zero-order valence-corrected chi connectivity index (χ0v) is 13.8. The number of fused-ring (bicyclic) bond motifs is 1. The van der Waals surface area contributed by atoms with Gasteiger partial charge in [0.25, 0.3) is 0 Å². The summed E-state index contributed by atoms with van der Waals surface area (Å²) in [6.45, 7) is 2.35. The standard InChI is InChI=1S/C17H21N3O2S/c21-16(18-12-5-7-20-6-1-3-14(20)9-12)10-13-11-22-17(19-13)15-4-2-8-23-15/h2,4,8,11-12,14H,1,3,5-7,9-10H2,(H,18,21)/t12-,14+/m1/s1. The van der Waals surface area contributed by atoms with Gasteiger partial charge in [-0.05, 0) is 43.7 Å². The lowest BCUT2D eigenvalue weighted by molar-refractivity contribution is -0.121. The average molecular weight is 331 g/mol. The van der Waals surface area contributed by atoms with E-state index in [0.717, 1.165) is 24.3 Å². The highest BCUT2D eigenvalue weighted by molar-refractivity contribution is 7.13. The number of aromatic nitrogens is 1. The van der Waals surface area contributed by atoms with Crippen molar-refractivity contribution in [2.24, 2.45) is 0 Å². The molecule has 2 atom stereocenters. The van der Waals surface area contributed by atoms with Crippen molar-refractivity contribution < 1.29 is 9.21 Å². The number of rotatable bonds is 4. The third-order valence-corrected chi connectivity index (χ3v) is 5.67. The molecule has 0 aromatic carbocycles. The van der Waals surface area contributed by atoms with Crippen molar-refractivity contribution in [3.63, 3.8) is 0 Å². The second kappa shape index (κ2) is 6.45. The van der Waals surface area contributed by atoms with Crippen molar-refractivity contribution in [2.75, 3.05) is 13.1 Å². The van der Waals surface area contributed by atoms with Crippen LogP contribution in [-0.4, -0.2) is 41.0 Å². The minimum absolute atomic E-state index is 0.0486. The first kappa shape index (κ1) is 14.9. The van der Waals surface area contributed by atoms with Crippen LogP contribution in [0.1, 0.15) is 31.4 Å². The summed E-state index contributed by atoms with van der Waals surface area (Å²) in [6.07, 6.45) is 6.61. The maximum absolute atomic E-state index is 12.3. The third-order valence-electron chi connectivity index (χ3n) is 4.81. The number of hydrogen-bond donors (Lipinski definition) is 1. The molecule has 1 amide bonds. The maximum Gasteiger partial charge on any atom is 0.236 e. The van der Waals surface area contributed by atoms with E-state index in [1.807, 2.05) is 17.5 Å². The number of nitrogens with zero attached hydrogens (tertiary/aromatic N) is 2. The van der Waals surface area contributed by atoms with E-state index < -0.39 is 0 Å². The van der Waals surface area contributed by atoms with Crippen molar-refractivity contribution in [1.29, 1.82) is 0 Å². The van der Waals surface area contributed by atoms with Gasteiger partial charge in [0.2, 0.25) is 11.8 Å². The molecule has 0 radical (unpaired) electrons. The molecule has 0 unspecified atom stereocenters. The molecule has 122 valence electrons. The molecule has 2 aliphatic heterocycles. The van der Waals surface area contributed by atoms with Crippen molar-refractivity contribution in [2.45, 2.75) is 44.2 Å². The largest absolute Gasteiger partial charge is 0.444 e. The summed E-state index contributed by atoms with van der Waals surface area (Å²) in [5.41, 5.74) is 0.698. The van der Waals surface area contributed by atoms with E-state index in [1.54, 1.807) is 17.6 Å². The second-order valence-electron chi connectivity index (χ2n) is 6.42. The summed E-state index contributed by atoms with van der Waals surface area (Å²) in [5, 5.41) is 5.17. The van der Waals surface area contributed by atoms with Gasteiger partial charge in [-0.1, -0.05) is 6.07 Å². The lowest BCUT2D eigenvalue weighted by atomic mass is 9.97. The van der Waals surface area contributed by atoms with Crippen LogP contribution < -0.4 is 5.32 Å². The molecule has 0 bridgehead atoms. The molecular formula is C17H21N3O2S. The fourth-order valence-corrected chi connectivity index (χ4v) is 4.36. The normalized spacial score (nSPS) is 24.5. The predicted octanol–water partition coefficient (Wildman–Crippen LogP) is 2.69. The summed E-state index contributed by atoms with van der Waals surface area (Å²) in [4.78, 5) is 20.2. The highest BCUT2D eigenvalue weighted by Gasteiger charge is 2.32. The number of oxazole rings is 1. The van der Waals surface area contributed by atoms with Gasteiger partial charge in [0.15, 0.2) is 0 Å². The molecular weight excluding hydrogens is 310 g/mol. The lowest BCUT2D eigenvalue weighted by Gasteiger charge is -2.35. The van der Waals surface area contributed by atoms with E-state index in [-0.39, 0.29) is 5.91 Å². The Labute approximate surface area is 139 Å². The van der Waals surface area contributed by atoms with Crippen LogP contribution in [0.5, 0.6) is 0 Å². The molecule has 4 rings (SSSR count). The van der Waals surface area contributed by atoms with Crippen LogP contribution in [0.15, 0.2) is 28.2 Å². The molecule has 2 saturated heterocycles. The van der Waals surface area contributed by atoms with Crippen LogP contribution in [0.2, 0.25) is 0 Å². The molecule has 2 aliphatic rings. The first-order valence-corrected chi connectivity index (χ1v) is 9.17. The van der Waals surface area contributed by atoms with Crippen LogP contribution in [-0.2, 0) is 11.2 Å². The monoisotopic (exact) mass is 331 g/mol. The fourth-order valence-electron chi connectivity index (χ4n) is 3.70. The summed E-state index contributed by atoms with van der Waals surface area (Å²) in [7, 11) is 0. The van der Waals surface area contributed by atoms with Gasteiger partial charge in [-0.2, -0.15) is 0 Å². The molecule has 4 heterocycles. The van der Waals surface area contributed by atoms with Crippen LogP contribution in [0.4, 0.5) is 0 Å². The second-order valence-corrected chi connectivity index (χ2v) is 7.37. The molecule has 0 saturated carbocycles. The van der Waals surface area contributed by atoms with Gasteiger partial charge in [-0.3, -0.25) is 4.79 Å². The van der Waals surface area contributed by atoms with Crippen molar-refractivity contribution >= 4 is 17.2 Å². The van der Waals surface area contributed by atoms with Gasteiger partial charge in [-0.15, -0.1) is 11.3 Å². The summed E-state index contributed by atoms with van der Waals surface area (Å²) >= 11 is 1.58. The van der Waals surface area contributed by atoms with Crippen LogP contribution >= 0.6 is 11.3 Å². The van der Waals surface area contributed by atoms with E-state index in [2.05, 4.69) is 15.2 Å². The lowest BCUT2D eigenvalue weighted by Crippen LogP contribution is -2.47. The van der Waals surface area contributed by atoms with Gasteiger partial charge in [0.1, 0.15) is 6.26 Å². The van der Waals surface area contributed by atoms with Crippen LogP contribution in [0.25, 0.3) is 10.8 Å². The molecule has 1 N–H and O–H groups in total. The van der Waals surface area contributed by atoms with Gasteiger partial charge in [-0.25, -0.2) is 4.98 Å². The number of carbonyl (C=O) groups is 1. The number of hydrogen-bond acceptors (Lipinski definition) is 5. The maximum atomic E-state index is 12.3. The number of piperidine rings is 1. The van der Waals surface area contributed by atoms with Gasteiger partial charge < -0.3 is 14.6 Å². The van der Waals surface area contributed by atoms with Crippen LogP contribution in [0.3, 0.4) is 0 Å². The summed E-state index contributed by atoms with van der Waals surface area (Å²) in [6, 6.07) is 4.92. The van der Waals surface area contributed by atoms with Crippen molar-refractivity contribution in [1.82, 2.24) is 15.2 Å². The molecule has 2 aromatic rings. The van der Waals surface area contributed by atoms with Gasteiger partial charge in [0.05, 0.1) is 17.0 Å². The zero-order chi connectivity index (χ0) is 15.6. The Morgan fingerprint density at radius 1 is 1.43 bits per heavy atom. The minimum Gasteiger partial charge on any atom is -0.444 e. The van der Waals surface area contributed by atoms with E-state index in [9.17, 15) is 4.79 Å². The smallest absolute Gasteiger partial charge is 0.236 e. The fraction of sp³-hybridized carbons (Fsp3) is 0.529. The first-order chi connectivity index (χ1) is 11.3. The Morgan fingerprint density at radius 2 is 2.39 bits per heavy atom. The summed E-state index contributed by atoms with van der Waals surface area (Å²) in [5.74, 6) is 0.648. The van der Waals surface area contributed by atoms with Crippen LogP contribution in [0, 0.1) is 0 Å². The van der Waals surface area contributed by atoms with E-state index in [1.165, 1.54) is 19.4 Å². The van der Waals surface area contributed by atoms with E-state index >= 15 is 0 Å². The highest BCUT2D eigenvalue weighted by Crippen LogP contribution is 2.27. The number of amides is 1. The molecule has 0 aliphatic carbocycles. The summed E-state index contributed by atoms with van der Waals surface area (Å²) < 4.78 is 5.47. The van der Waals surface area contributed by atoms with E-state index in [0.29, 0.717) is 30.1 Å². The zero-order valence-electron chi connectivity index (χ0n) is 13.0. The molecule has 2 aromatic heterocycles. The van der Waals surface area contributed by atoms with E-state index in [4.69, 9.17) is 4.42 Å². The number of carbonyl (C=O) groups excluding carboxylic acids is 1. The highest BCUT2D eigenvalue weighted by atomic mass is 32.1. The molecule has 5 nitrogen and oxygen atoms in total. The topological polar surface area (TPSA) is 58.4 Å². The molecule has 6 heteroatoms. The first-order valence-electron chi connectivity index (χ1n) is 8.29. The molecule has 23 heavy (non-hydrogen) atoms. The number of nitrogens with one attached hydrogen (secondary N) is 1. The Kier molecular flexibility index (Phi) is 4.18. The number of thiophene rings is 1. The quantitative estimate of drug-likeness (QED) is 0.936. The van der Waals surface area contributed by atoms with Crippen molar-refractivity contribution in [3.8, 4) is 10.8 Å².